The summed E-state index contributed by atoms with van der Waals surface area (Å²) < 4.78 is 0. The molecule has 1 aromatic carbocycles. The van der Waals surface area contributed by atoms with Gasteiger partial charge in [0.05, 0.1) is 12.4 Å². The zero-order chi connectivity index (χ0) is 18.9. The molecule has 0 saturated heterocycles. The van der Waals surface area contributed by atoms with Crippen LogP contribution in [0.4, 0.5) is 17.2 Å². The highest BCUT2D eigenvalue weighted by molar-refractivity contribution is 5.92. The highest BCUT2D eigenvalue weighted by Gasteiger charge is 2.16. The number of nitrogens with one attached hydrogen (secondary N) is 2. The van der Waals surface area contributed by atoms with Crippen LogP contribution in [0, 0.1) is 0 Å². The van der Waals surface area contributed by atoms with Crippen LogP contribution in [0.2, 0.25) is 0 Å². The molecule has 26 heavy (non-hydrogen) atoms. The summed E-state index contributed by atoms with van der Waals surface area (Å²) in [6.07, 6.45) is 4.86. The molecule has 7 heteroatoms. The summed E-state index contributed by atoms with van der Waals surface area (Å²) in [6.45, 7) is 6.99. The van der Waals surface area contributed by atoms with Gasteiger partial charge < -0.3 is 15.5 Å². The minimum Gasteiger partial charge on any atom is -0.339 e. The second-order valence-electron chi connectivity index (χ2n) is 5.96. The van der Waals surface area contributed by atoms with Crippen LogP contribution >= 0.6 is 0 Å². The molecule has 0 fully saturated rings. The maximum Gasteiger partial charge on any atom is 0.274 e. The number of nitrogens with zero attached hydrogens (tertiary/aromatic N) is 3. The number of carbonyl (C=O) groups excluding carboxylic acids is 2. The van der Waals surface area contributed by atoms with Gasteiger partial charge in [-0.05, 0) is 37.1 Å². The lowest BCUT2D eigenvalue weighted by molar-refractivity contribution is -0.114. The van der Waals surface area contributed by atoms with E-state index in [4.69, 9.17) is 0 Å². The number of aromatic nitrogens is 2. The minimum atomic E-state index is -0.114. The first-order chi connectivity index (χ1) is 12.5. The number of amides is 2. The van der Waals surface area contributed by atoms with Crippen LogP contribution in [-0.2, 0) is 4.79 Å². The molecule has 7 nitrogen and oxygen atoms in total. The molecule has 0 bridgehead atoms. The molecule has 2 amide bonds. The van der Waals surface area contributed by atoms with Gasteiger partial charge in [0, 0.05) is 31.4 Å². The Bertz CT molecular complexity index is 723. The van der Waals surface area contributed by atoms with Gasteiger partial charge in [-0.15, -0.1) is 0 Å². The van der Waals surface area contributed by atoms with Crippen LogP contribution in [0.1, 0.15) is 44.1 Å². The summed E-state index contributed by atoms with van der Waals surface area (Å²) in [5, 5.41) is 5.83. The Morgan fingerprint density at radius 2 is 1.58 bits per heavy atom. The van der Waals surface area contributed by atoms with Crippen molar-refractivity contribution >= 4 is 29.0 Å². The number of hydrogen-bond donors (Lipinski definition) is 2. The fourth-order valence-electron chi connectivity index (χ4n) is 2.51. The Hall–Kier alpha value is -2.96. The van der Waals surface area contributed by atoms with Crippen molar-refractivity contribution in [3.05, 3.63) is 42.4 Å². The summed E-state index contributed by atoms with van der Waals surface area (Å²) in [7, 11) is 0. The molecular weight excluding hydrogens is 330 g/mol. The van der Waals surface area contributed by atoms with Gasteiger partial charge in [0.1, 0.15) is 11.5 Å². The number of benzene rings is 1. The number of carbonyl (C=O) groups is 2. The summed E-state index contributed by atoms with van der Waals surface area (Å²) >= 11 is 0. The lowest BCUT2D eigenvalue weighted by Gasteiger charge is -2.20. The molecule has 2 N–H and O–H groups in total. The van der Waals surface area contributed by atoms with E-state index in [1.54, 1.807) is 23.2 Å². The van der Waals surface area contributed by atoms with E-state index in [1.807, 2.05) is 26.0 Å². The van der Waals surface area contributed by atoms with Crippen molar-refractivity contribution in [1.82, 2.24) is 14.9 Å². The van der Waals surface area contributed by atoms with Crippen molar-refractivity contribution in [2.75, 3.05) is 23.7 Å². The molecule has 0 atom stereocenters. The number of anilines is 3. The summed E-state index contributed by atoms with van der Waals surface area (Å²) in [5.41, 5.74) is 1.88. The molecule has 0 unspecified atom stereocenters. The molecule has 0 spiro atoms. The second-order valence-corrected chi connectivity index (χ2v) is 5.96. The van der Waals surface area contributed by atoms with Gasteiger partial charge in [-0.25, -0.2) is 9.97 Å². The van der Waals surface area contributed by atoms with E-state index in [2.05, 4.69) is 20.6 Å². The minimum absolute atomic E-state index is 0.0904. The fraction of sp³-hybridized carbons (Fsp3) is 0.368. The van der Waals surface area contributed by atoms with Crippen molar-refractivity contribution in [2.24, 2.45) is 0 Å². The van der Waals surface area contributed by atoms with Crippen LogP contribution in [0.3, 0.4) is 0 Å². The third-order valence-electron chi connectivity index (χ3n) is 3.62. The van der Waals surface area contributed by atoms with Crippen LogP contribution in [0.25, 0.3) is 0 Å². The maximum atomic E-state index is 12.5. The molecule has 2 rings (SSSR count). The molecule has 0 aliphatic carbocycles. The van der Waals surface area contributed by atoms with Gasteiger partial charge in [-0.2, -0.15) is 0 Å². The first-order valence-electron chi connectivity index (χ1n) is 8.79. The molecule has 138 valence electrons. The van der Waals surface area contributed by atoms with Crippen LogP contribution < -0.4 is 10.6 Å². The zero-order valence-corrected chi connectivity index (χ0v) is 15.5. The largest absolute Gasteiger partial charge is 0.339 e. The van der Waals surface area contributed by atoms with Crippen molar-refractivity contribution in [3.63, 3.8) is 0 Å². The van der Waals surface area contributed by atoms with E-state index in [1.165, 1.54) is 13.1 Å². The quantitative estimate of drug-likeness (QED) is 0.757. The highest BCUT2D eigenvalue weighted by Crippen LogP contribution is 2.17. The predicted octanol–water partition coefficient (Wildman–Crippen LogP) is 3.44. The lowest BCUT2D eigenvalue weighted by atomic mass is 10.2. The zero-order valence-electron chi connectivity index (χ0n) is 15.5. The monoisotopic (exact) mass is 355 g/mol. The molecule has 0 saturated carbocycles. The van der Waals surface area contributed by atoms with Crippen LogP contribution in [0.15, 0.2) is 36.7 Å². The van der Waals surface area contributed by atoms with Crippen LogP contribution in [0.5, 0.6) is 0 Å². The third kappa shape index (κ3) is 5.54. The molecule has 1 aromatic heterocycles. The van der Waals surface area contributed by atoms with E-state index in [9.17, 15) is 9.59 Å². The average Bonchev–Trinajstić information content (AvgIpc) is 2.63. The Balaban J connectivity index is 2.02. The number of hydrogen-bond acceptors (Lipinski definition) is 5. The molecule has 0 radical (unpaired) electrons. The van der Waals surface area contributed by atoms with E-state index < -0.39 is 0 Å². The fourth-order valence-corrected chi connectivity index (χ4v) is 2.51. The van der Waals surface area contributed by atoms with E-state index >= 15 is 0 Å². The van der Waals surface area contributed by atoms with Gasteiger partial charge in [-0.1, -0.05) is 13.8 Å². The van der Waals surface area contributed by atoms with Gasteiger partial charge >= 0.3 is 0 Å². The van der Waals surface area contributed by atoms with Crippen molar-refractivity contribution in [1.29, 1.82) is 0 Å². The summed E-state index contributed by atoms with van der Waals surface area (Å²) in [4.78, 5) is 33.8. The van der Waals surface area contributed by atoms with E-state index in [-0.39, 0.29) is 11.8 Å². The van der Waals surface area contributed by atoms with Crippen molar-refractivity contribution < 1.29 is 9.59 Å². The Kier molecular flexibility index (Phi) is 7.08. The normalized spacial score (nSPS) is 10.3. The lowest BCUT2D eigenvalue weighted by Crippen LogP contribution is -2.33. The SMILES string of the molecule is CCCN(CCC)C(=O)c1cnc(Nc2ccc(NC(C)=O)cc2)cn1. The van der Waals surface area contributed by atoms with Gasteiger partial charge in [0.25, 0.3) is 5.91 Å². The second kappa shape index (κ2) is 9.50. The highest BCUT2D eigenvalue weighted by atomic mass is 16.2. The first-order valence-corrected chi connectivity index (χ1v) is 8.79. The third-order valence-corrected chi connectivity index (χ3v) is 3.62. The Morgan fingerprint density at radius 1 is 0.962 bits per heavy atom. The molecule has 2 aromatic rings. The summed E-state index contributed by atoms with van der Waals surface area (Å²) in [6, 6.07) is 7.25. The molecule has 0 aliphatic heterocycles. The van der Waals surface area contributed by atoms with E-state index in [0.717, 1.165) is 37.3 Å². The molecular formula is C19H25N5O2. The standard InChI is InChI=1S/C19H25N5O2/c1-4-10-24(11-5-2)19(26)17-12-21-18(13-20-17)23-16-8-6-15(7-9-16)22-14(3)25/h6-9,12-13H,4-5,10-11H2,1-3H3,(H,21,23)(H,22,25). The summed E-state index contributed by atoms with van der Waals surface area (Å²) in [5.74, 6) is 0.343. The average molecular weight is 355 g/mol. The predicted molar refractivity (Wildman–Crippen MR) is 103 cm³/mol. The topological polar surface area (TPSA) is 87.2 Å². The Labute approximate surface area is 153 Å². The van der Waals surface area contributed by atoms with E-state index in [0.29, 0.717) is 11.5 Å². The Morgan fingerprint density at radius 3 is 2.08 bits per heavy atom. The van der Waals surface area contributed by atoms with Gasteiger partial charge in [-0.3, -0.25) is 9.59 Å². The molecule has 1 heterocycles. The van der Waals surface area contributed by atoms with Gasteiger partial charge in [0.2, 0.25) is 5.91 Å². The number of rotatable bonds is 8. The smallest absolute Gasteiger partial charge is 0.274 e. The van der Waals surface area contributed by atoms with Crippen molar-refractivity contribution in [2.45, 2.75) is 33.6 Å². The maximum absolute atomic E-state index is 12.5. The first kappa shape index (κ1) is 19.4. The van der Waals surface area contributed by atoms with Crippen LogP contribution in [-0.4, -0.2) is 39.8 Å². The molecule has 0 aliphatic rings. The van der Waals surface area contributed by atoms with Gasteiger partial charge in [0.15, 0.2) is 0 Å². The van der Waals surface area contributed by atoms with Crippen molar-refractivity contribution in [3.8, 4) is 0 Å².